The summed E-state index contributed by atoms with van der Waals surface area (Å²) >= 11 is 0. The summed E-state index contributed by atoms with van der Waals surface area (Å²) in [6.45, 7) is 2.38. The second-order valence-electron chi connectivity index (χ2n) is 9.49. The van der Waals surface area contributed by atoms with Gasteiger partial charge in [-0.05, 0) is 37.8 Å². The molecule has 1 aromatic carbocycles. The molecule has 1 aliphatic carbocycles. The summed E-state index contributed by atoms with van der Waals surface area (Å²) < 4.78 is 39.3. The third-order valence-electron chi connectivity index (χ3n) is 6.78. The molecule has 2 bridgehead atoms. The second-order valence-corrected chi connectivity index (χ2v) is 9.49. The van der Waals surface area contributed by atoms with Gasteiger partial charge in [-0.3, -0.25) is 9.36 Å². The molecule has 10 heteroatoms. The monoisotopic (exact) mass is 487 g/mol. The van der Waals surface area contributed by atoms with Crippen molar-refractivity contribution in [1.82, 2.24) is 24.5 Å². The Hall–Kier alpha value is -4.26. The van der Waals surface area contributed by atoms with Crippen LogP contribution in [0.1, 0.15) is 48.3 Å². The van der Waals surface area contributed by atoms with Crippen LogP contribution in [0.15, 0.2) is 30.6 Å². The van der Waals surface area contributed by atoms with Crippen molar-refractivity contribution in [2.45, 2.75) is 38.8 Å². The molecule has 8 nitrogen and oxygen atoms in total. The number of pyridine rings is 1. The van der Waals surface area contributed by atoms with E-state index < -0.39 is 17.7 Å². The number of aryl methyl sites for hydroxylation is 1. The van der Waals surface area contributed by atoms with Gasteiger partial charge in [-0.2, -0.15) is 15.5 Å². The van der Waals surface area contributed by atoms with Crippen LogP contribution in [0.4, 0.5) is 14.6 Å². The average molecular weight is 488 g/mol. The van der Waals surface area contributed by atoms with Crippen LogP contribution in [0.25, 0.3) is 22.5 Å². The van der Waals surface area contributed by atoms with E-state index in [-0.39, 0.29) is 29.2 Å². The van der Waals surface area contributed by atoms with E-state index in [9.17, 15) is 9.65 Å². The number of nitriles is 1. The standard InChI is InChI=1S/C26H23F2N7O/c1-13-18-7-17(27)8-20(28)23(18)24-16(12-34(2)33-24)5-19-21(9-29)32-35(11-14-3-4-14)25(19)15-6-22(36-13)26(30)31-10-15/h6-8,10,12-14H,3-5,11H2,1-2H3,(H2,30,31). The molecule has 4 heterocycles. The molecular formula is C26H23F2N7O. The van der Waals surface area contributed by atoms with Crippen LogP contribution >= 0.6 is 0 Å². The molecule has 1 aliphatic heterocycles. The van der Waals surface area contributed by atoms with E-state index in [0.717, 1.165) is 24.6 Å². The van der Waals surface area contributed by atoms with Crippen molar-refractivity contribution in [3.8, 4) is 34.3 Å². The molecule has 3 aromatic heterocycles. The number of nitrogen functional groups attached to an aromatic ring is 1. The third-order valence-corrected chi connectivity index (χ3v) is 6.78. The molecule has 1 fully saturated rings. The molecular weight excluding hydrogens is 464 g/mol. The van der Waals surface area contributed by atoms with E-state index >= 15 is 4.39 Å². The number of rotatable bonds is 2. The van der Waals surface area contributed by atoms with Gasteiger partial charge < -0.3 is 10.5 Å². The Kier molecular flexibility index (Phi) is 5.03. The van der Waals surface area contributed by atoms with E-state index in [2.05, 4.69) is 21.3 Å². The predicted molar refractivity (Wildman–Crippen MR) is 128 cm³/mol. The summed E-state index contributed by atoms with van der Waals surface area (Å²) in [6, 6.07) is 6.07. The van der Waals surface area contributed by atoms with E-state index in [1.165, 1.54) is 6.07 Å². The van der Waals surface area contributed by atoms with E-state index in [1.807, 2.05) is 4.68 Å². The number of ether oxygens (including phenoxy) is 1. The topological polar surface area (TPSA) is 108 Å². The zero-order chi connectivity index (χ0) is 25.1. The number of benzene rings is 1. The SMILES string of the molecule is CC1Oc2cc(cnc2N)-c2c(c(C#N)nn2CC2CC2)Cc2cn(C)nc2-c2c(F)cc(F)cc21. The molecule has 0 spiro atoms. The summed E-state index contributed by atoms with van der Waals surface area (Å²) in [5.74, 6) is -0.538. The van der Waals surface area contributed by atoms with Crippen LogP contribution in [0.5, 0.6) is 5.75 Å². The van der Waals surface area contributed by atoms with E-state index in [0.29, 0.717) is 40.4 Å². The molecule has 0 amide bonds. The quantitative estimate of drug-likeness (QED) is 0.445. The Morgan fingerprint density at radius 1 is 1.22 bits per heavy atom. The number of aromatic nitrogens is 5. The highest BCUT2D eigenvalue weighted by atomic mass is 19.1. The highest BCUT2D eigenvalue weighted by Crippen LogP contribution is 2.41. The van der Waals surface area contributed by atoms with Gasteiger partial charge in [0.15, 0.2) is 17.3 Å². The highest BCUT2D eigenvalue weighted by molar-refractivity contribution is 5.73. The number of hydrogen-bond acceptors (Lipinski definition) is 6. The van der Waals surface area contributed by atoms with Gasteiger partial charge in [0.2, 0.25) is 0 Å². The summed E-state index contributed by atoms with van der Waals surface area (Å²) in [5, 5.41) is 19.1. The minimum Gasteiger partial charge on any atom is -0.482 e. The number of anilines is 1. The van der Waals surface area contributed by atoms with Crippen LogP contribution in [0, 0.1) is 28.9 Å². The zero-order valence-electron chi connectivity index (χ0n) is 19.8. The molecule has 6 rings (SSSR count). The van der Waals surface area contributed by atoms with E-state index in [1.54, 1.807) is 37.1 Å². The van der Waals surface area contributed by atoms with E-state index in [4.69, 9.17) is 10.5 Å². The van der Waals surface area contributed by atoms with Crippen molar-refractivity contribution in [3.63, 3.8) is 0 Å². The van der Waals surface area contributed by atoms with Crippen LogP contribution < -0.4 is 10.5 Å². The predicted octanol–water partition coefficient (Wildman–Crippen LogP) is 4.53. The first-order valence-electron chi connectivity index (χ1n) is 11.8. The number of fused-ring (bicyclic) bond motifs is 7. The van der Waals surface area contributed by atoms with Crippen LogP contribution in [0.2, 0.25) is 0 Å². The van der Waals surface area contributed by atoms with Crippen LogP contribution in [-0.4, -0.2) is 24.5 Å². The van der Waals surface area contributed by atoms with Gasteiger partial charge in [0, 0.05) is 66.3 Å². The lowest BCUT2D eigenvalue weighted by Crippen LogP contribution is -2.11. The summed E-state index contributed by atoms with van der Waals surface area (Å²) in [7, 11) is 1.74. The molecule has 36 heavy (non-hydrogen) atoms. The Balaban J connectivity index is 1.66. The maximum absolute atomic E-state index is 15.4. The van der Waals surface area contributed by atoms with Gasteiger partial charge >= 0.3 is 0 Å². The third kappa shape index (κ3) is 3.68. The lowest BCUT2D eigenvalue weighted by Gasteiger charge is -2.21. The number of halogens is 2. The molecule has 1 saturated carbocycles. The maximum Gasteiger partial charge on any atom is 0.166 e. The van der Waals surface area contributed by atoms with Crippen LogP contribution in [0.3, 0.4) is 0 Å². The first-order chi connectivity index (χ1) is 17.3. The zero-order valence-corrected chi connectivity index (χ0v) is 19.8. The number of hydrogen-bond donors (Lipinski definition) is 1. The van der Waals surface area contributed by atoms with Crippen molar-refractivity contribution in [2.24, 2.45) is 13.0 Å². The van der Waals surface area contributed by atoms with Crippen molar-refractivity contribution >= 4 is 5.82 Å². The molecule has 1 unspecified atom stereocenters. The van der Waals surface area contributed by atoms with Gasteiger partial charge in [-0.15, -0.1) is 0 Å². The molecule has 2 N–H and O–H groups in total. The van der Waals surface area contributed by atoms with Crippen molar-refractivity contribution in [3.05, 3.63) is 64.6 Å². The minimum atomic E-state index is -0.760. The molecule has 0 radical (unpaired) electrons. The fourth-order valence-electron chi connectivity index (χ4n) is 4.92. The van der Waals surface area contributed by atoms with Crippen molar-refractivity contribution in [1.29, 1.82) is 5.26 Å². The Labute approximate surface area is 205 Å². The maximum atomic E-state index is 15.4. The number of nitrogens with zero attached hydrogens (tertiary/aromatic N) is 6. The first kappa shape index (κ1) is 22.2. The van der Waals surface area contributed by atoms with Gasteiger partial charge in [-0.25, -0.2) is 13.8 Å². The Morgan fingerprint density at radius 3 is 2.78 bits per heavy atom. The smallest absolute Gasteiger partial charge is 0.166 e. The first-order valence-corrected chi connectivity index (χ1v) is 11.8. The lowest BCUT2D eigenvalue weighted by molar-refractivity contribution is 0.227. The molecule has 1 atom stereocenters. The fraction of sp³-hybridized carbons (Fsp3) is 0.308. The van der Waals surface area contributed by atoms with Crippen LogP contribution in [-0.2, 0) is 20.0 Å². The Morgan fingerprint density at radius 2 is 2.03 bits per heavy atom. The molecule has 2 aliphatic rings. The molecule has 0 saturated heterocycles. The molecule has 182 valence electrons. The normalized spacial score (nSPS) is 16.6. The summed E-state index contributed by atoms with van der Waals surface area (Å²) in [4.78, 5) is 4.34. The minimum absolute atomic E-state index is 0.146. The van der Waals surface area contributed by atoms with Gasteiger partial charge in [0.25, 0.3) is 0 Å². The largest absolute Gasteiger partial charge is 0.482 e. The van der Waals surface area contributed by atoms with Gasteiger partial charge in [0.1, 0.15) is 23.8 Å². The van der Waals surface area contributed by atoms with Gasteiger partial charge in [0.05, 0.1) is 11.4 Å². The Bertz CT molecular complexity index is 1560. The lowest BCUT2D eigenvalue weighted by atomic mass is 9.93. The van der Waals surface area contributed by atoms with Crippen molar-refractivity contribution in [2.75, 3.05) is 5.73 Å². The van der Waals surface area contributed by atoms with Crippen molar-refractivity contribution < 1.29 is 13.5 Å². The van der Waals surface area contributed by atoms with Gasteiger partial charge in [-0.1, -0.05) is 0 Å². The fourth-order valence-corrected chi connectivity index (χ4v) is 4.92. The highest BCUT2D eigenvalue weighted by Gasteiger charge is 2.30. The summed E-state index contributed by atoms with van der Waals surface area (Å²) in [6.07, 6.45) is 5.17. The number of nitrogens with two attached hydrogens (primary N) is 1. The second kappa shape index (κ2) is 8.16. The molecule has 4 aromatic rings. The average Bonchev–Trinajstić information content (AvgIpc) is 3.48. The summed E-state index contributed by atoms with van der Waals surface area (Å²) in [5.41, 5.74) is 10.0.